The largest absolute Gasteiger partial charge is 0.484 e. The molecule has 1 aliphatic heterocycles. The number of hydrogen-bond acceptors (Lipinski definition) is 4. The number of rotatable bonds is 5. The van der Waals surface area contributed by atoms with Crippen LogP contribution in [0, 0.1) is 0 Å². The fraction of sp³-hybridized carbons (Fsp3) is 0.227. The van der Waals surface area contributed by atoms with Crippen molar-refractivity contribution >= 4 is 49.9 Å². The molecule has 0 spiro atoms. The average Bonchev–Trinajstić information content (AvgIpc) is 2.79. The maximum Gasteiger partial charge on any atom is 0.260 e. The van der Waals surface area contributed by atoms with Crippen LogP contribution in [0.25, 0.3) is 10.8 Å². The van der Waals surface area contributed by atoms with Crippen LogP contribution < -0.4 is 4.74 Å². The number of sulfonamides is 1. The monoisotopic (exact) mass is 478 g/mol. The number of carbonyl (C=O) groups excluding carboxylic acids is 1. The first-order valence-electron chi connectivity index (χ1n) is 9.69. The molecule has 4 rings (SSSR count). The van der Waals surface area contributed by atoms with E-state index in [1.54, 1.807) is 35.2 Å². The summed E-state index contributed by atoms with van der Waals surface area (Å²) in [5.74, 6) is 0.231. The van der Waals surface area contributed by atoms with Gasteiger partial charge in [-0.25, -0.2) is 8.42 Å². The van der Waals surface area contributed by atoms with Gasteiger partial charge in [0.15, 0.2) is 6.61 Å². The van der Waals surface area contributed by atoms with Crippen molar-refractivity contribution in [3.63, 3.8) is 0 Å². The van der Waals surface area contributed by atoms with Crippen molar-refractivity contribution < 1.29 is 17.9 Å². The number of halogens is 2. The summed E-state index contributed by atoms with van der Waals surface area (Å²) in [6, 6.07) is 17.5. The molecule has 0 aliphatic carbocycles. The van der Waals surface area contributed by atoms with Crippen LogP contribution in [0.2, 0.25) is 10.0 Å². The number of fused-ring (bicyclic) bond motifs is 1. The van der Waals surface area contributed by atoms with Crippen molar-refractivity contribution in [2.45, 2.75) is 4.90 Å². The molecule has 1 aliphatic rings. The van der Waals surface area contributed by atoms with Gasteiger partial charge in [0.25, 0.3) is 5.91 Å². The van der Waals surface area contributed by atoms with E-state index in [0.717, 1.165) is 10.8 Å². The van der Waals surface area contributed by atoms with E-state index in [-0.39, 0.29) is 30.5 Å². The molecule has 0 radical (unpaired) electrons. The summed E-state index contributed by atoms with van der Waals surface area (Å²) < 4.78 is 33.0. The van der Waals surface area contributed by atoms with Crippen molar-refractivity contribution in [1.29, 1.82) is 0 Å². The normalized spacial score (nSPS) is 15.2. The summed E-state index contributed by atoms with van der Waals surface area (Å²) in [5.41, 5.74) is 0. The summed E-state index contributed by atoms with van der Waals surface area (Å²) in [7, 11) is -3.63. The van der Waals surface area contributed by atoms with Gasteiger partial charge in [-0.3, -0.25) is 4.79 Å². The van der Waals surface area contributed by atoms with Gasteiger partial charge in [-0.15, -0.1) is 0 Å². The predicted molar refractivity (Wildman–Crippen MR) is 121 cm³/mol. The predicted octanol–water partition coefficient (Wildman–Crippen LogP) is 4.06. The van der Waals surface area contributed by atoms with Crippen molar-refractivity contribution in [1.82, 2.24) is 9.21 Å². The molecule has 1 heterocycles. The second-order valence-corrected chi connectivity index (χ2v) is 9.91. The number of nitrogens with zero attached hydrogens (tertiary/aromatic N) is 2. The average molecular weight is 479 g/mol. The van der Waals surface area contributed by atoms with E-state index in [1.807, 2.05) is 30.3 Å². The van der Waals surface area contributed by atoms with Gasteiger partial charge < -0.3 is 9.64 Å². The maximum atomic E-state index is 13.1. The summed E-state index contributed by atoms with van der Waals surface area (Å²) in [6.07, 6.45) is 0. The fourth-order valence-corrected chi connectivity index (χ4v) is 5.20. The zero-order valence-corrected chi connectivity index (χ0v) is 18.8. The van der Waals surface area contributed by atoms with Crippen LogP contribution in [0.4, 0.5) is 0 Å². The minimum Gasteiger partial charge on any atom is -0.484 e. The highest BCUT2D eigenvalue weighted by atomic mass is 35.5. The lowest BCUT2D eigenvalue weighted by atomic mass is 10.1. The Balaban J connectivity index is 1.36. The first-order valence-corrected chi connectivity index (χ1v) is 11.9. The van der Waals surface area contributed by atoms with Gasteiger partial charge in [0, 0.05) is 32.2 Å². The third-order valence-electron chi connectivity index (χ3n) is 5.20. The van der Waals surface area contributed by atoms with Crippen LogP contribution in [-0.2, 0) is 14.8 Å². The Morgan fingerprint density at radius 3 is 2.29 bits per heavy atom. The van der Waals surface area contributed by atoms with E-state index in [1.165, 1.54) is 4.31 Å². The van der Waals surface area contributed by atoms with Gasteiger partial charge in [0.2, 0.25) is 10.0 Å². The molecular weight excluding hydrogens is 459 g/mol. The molecule has 3 aromatic carbocycles. The molecule has 162 valence electrons. The zero-order valence-electron chi connectivity index (χ0n) is 16.5. The molecule has 0 saturated carbocycles. The van der Waals surface area contributed by atoms with Gasteiger partial charge in [-0.2, -0.15) is 4.31 Å². The SMILES string of the molecule is O=C(COc1ccc(Cl)c(Cl)c1)N1CCN(S(=O)(=O)c2ccc3ccccc3c2)CC1. The number of carbonyl (C=O) groups is 1. The highest BCUT2D eigenvalue weighted by Crippen LogP contribution is 2.26. The van der Waals surface area contributed by atoms with Crippen molar-refractivity contribution in [3.05, 3.63) is 70.7 Å². The van der Waals surface area contributed by atoms with E-state index < -0.39 is 10.0 Å². The zero-order chi connectivity index (χ0) is 22.0. The molecule has 1 saturated heterocycles. The van der Waals surface area contributed by atoms with E-state index in [0.29, 0.717) is 28.9 Å². The smallest absolute Gasteiger partial charge is 0.260 e. The van der Waals surface area contributed by atoms with Crippen LogP contribution in [0.3, 0.4) is 0 Å². The van der Waals surface area contributed by atoms with Crippen LogP contribution >= 0.6 is 23.2 Å². The van der Waals surface area contributed by atoms with E-state index in [2.05, 4.69) is 0 Å². The second kappa shape index (κ2) is 9.04. The minimum absolute atomic E-state index is 0.157. The molecule has 3 aromatic rings. The standard InChI is InChI=1S/C22H20Cl2N2O4S/c23-20-8-6-18(14-21(20)24)30-15-22(27)25-9-11-26(12-10-25)31(28,29)19-7-5-16-3-1-2-4-17(16)13-19/h1-8,13-14H,9-12,15H2. The Labute approximate surface area is 191 Å². The fourth-order valence-electron chi connectivity index (χ4n) is 3.46. The molecular formula is C22H20Cl2N2O4S. The summed E-state index contributed by atoms with van der Waals surface area (Å²) >= 11 is 11.8. The van der Waals surface area contributed by atoms with Crippen LogP contribution in [-0.4, -0.2) is 56.3 Å². The summed E-state index contributed by atoms with van der Waals surface area (Å²) in [4.78, 5) is 14.3. The maximum absolute atomic E-state index is 13.1. The molecule has 1 fully saturated rings. The van der Waals surface area contributed by atoms with Gasteiger partial charge in [-0.05, 0) is 35.0 Å². The highest BCUT2D eigenvalue weighted by Gasteiger charge is 2.30. The topological polar surface area (TPSA) is 66.9 Å². The summed E-state index contributed by atoms with van der Waals surface area (Å²) in [6.45, 7) is 0.906. The number of piperazine rings is 1. The first kappa shape index (κ1) is 21.9. The molecule has 0 aromatic heterocycles. The Morgan fingerprint density at radius 2 is 1.58 bits per heavy atom. The molecule has 0 unspecified atom stereocenters. The van der Waals surface area contributed by atoms with Crippen molar-refractivity contribution in [2.24, 2.45) is 0 Å². The molecule has 31 heavy (non-hydrogen) atoms. The van der Waals surface area contributed by atoms with Crippen molar-refractivity contribution in [3.8, 4) is 5.75 Å². The lowest BCUT2D eigenvalue weighted by Gasteiger charge is -2.34. The van der Waals surface area contributed by atoms with E-state index in [9.17, 15) is 13.2 Å². The first-order chi connectivity index (χ1) is 14.8. The van der Waals surface area contributed by atoms with Gasteiger partial charge in [-0.1, -0.05) is 53.5 Å². The number of ether oxygens (including phenoxy) is 1. The van der Waals surface area contributed by atoms with E-state index in [4.69, 9.17) is 27.9 Å². The van der Waals surface area contributed by atoms with Gasteiger partial charge in [0.05, 0.1) is 14.9 Å². The minimum atomic E-state index is -3.63. The number of benzene rings is 3. The number of hydrogen-bond donors (Lipinski definition) is 0. The molecule has 0 bridgehead atoms. The summed E-state index contributed by atoms with van der Waals surface area (Å²) in [5, 5.41) is 2.61. The molecule has 0 atom stereocenters. The second-order valence-electron chi connectivity index (χ2n) is 7.16. The van der Waals surface area contributed by atoms with Crippen molar-refractivity contribution in [2.75, 3.05) is 32.8 Å². The molecule has 6 nitrogen and oxygen atoms in total. The Hall–Kier alpha value is -2.32. The van der Waals surface area contributed by atoms with Gasteiger partial charge >= 0.3 is 0 Å². The quantitative estimate of drug-likeness (QED) is 0.554. The third kappa shape index (κ3) is 4.80. The van der Waals surface area contributed by atoms with Crippen LogP contribution in [0.5, 0.6) is 5.75 Å². The Morgan fingerprint density at radius 1 is 0.871 bits per heavy atom. The van der Waals surface area contributed by atoms with Crippen LogP contribution in [0.1, 0.15) is 0 Å². The molecule has 1 amide bonds. The third-order valence-corrected chi connectivity index (χ3v) is 7.84. The lowest BCUT2D eigenvalue weighted by molar-refractivity contribution is -0.134. The molecule has 9 heteroatoms. The Bertz CT molecular complexity index is 1230. The Kier molecular flexibility index (Phi) is 6.39. The lowest BCUT2D eigenvalue weighted by Crippen LogP contribution is -2.51. The molecule has 0 N–H and O–H groups in total. The number of amides is 1. The highest BCUT2D eigenvalue weighted by molar-refractivity contribution is 7.89. The van der Waals surface area contributed by atoms with E-state index >= 15 is 0 Å². The van der Waals surface area contributed by atoms with Gasteiger partial charge in [0.1, 0.15) is 5.75 Å². The van der Waals surface area contributed by atoms with Crippen LogP contribution in [0.15, 0.2) is 65.6 Å².